The summed E-state index contributed by atoms with van der Waals surface area (Å²) in [6, 6.07) is 3.96. The van der Waals surface area contributed by atoms with Crippen molar-refractivity contribution in [2.24, 2.45) is 5.92 Å². The van der Waals surface area contributed by atoms with Gasteiger partial charge in [0.25, 0.3) is 0 Å². The Bertz CT molecular complexity index is 504. The lowest BCUT2D eigenvalue weighted by atomic mass is 10.0. The van der Waals surface area contributed by atoms with E-state index in [1.165, 1.54) is 25.7 Å². The van der Waals surface area contributed by atoms with E-state index in [9.17, 15) is 4.79 Å². The summed E-state index contributed by atoms with van der Waals surface area (Å²) < 4.78 is 0. The van der Waals surface area contributed by atoms with E-state index in [-0.39, 0.29) is 0 Å². The second-order valence-electron chi connectivity index (χ2n) is 6.53. The second-order valence-corrected chi connectivity index (χ2v) is 6.53. The maximum atomic E-state index is 12.4. The van der Waals surface area contributed by atoms with Crippen LogP contribution in [0.2, 0.25) is 0 Å². The van der Waals surface area contributed by atoms with E-state index in [4.69, 9.17) is 0 Å². The van der Waals surface area contributed by atoms with Gasteiger partial charge in [-0.1, -0.05) is 12.8 Å². The zero-order valence-corrected chi connectivity index (χ0v) is 14.0. The highest BCUT2D eigenvalue weighted by Crippen LogP contribution is 2.28. The minimum Gasteiger partial charge on any atom is -0.369 e. The summed E-state index contributed by atoms with van der Waals surface area (Å²) in [4.78, 5) is 16.6. The van der Waals surface area contributed by atoms with E-state index >= 15 is 0 Å². The molecule has 126 valence electrons. The molecule has 3 rings (SSSR count). The van der Waals surface area contributed by atoms with Gasteiger partial charge in [0.2, 0.25) is 5.91 Å². The highest BCUT2D eigenvalue weighted by molar-refractivity contribution is 5.76. The number of nitrogens with one attached hydrogen (secondary N) is 1. The van der Waals surface area contributed by atoms with Gasteiger partial charge in [0.05, 0.1) is 0 Å². The molecule has 1 saturated carbocycles. The van der Waals surface area contributed by atoms with Gasteiger partial charge in [-0.15, -0.1) is 10.2 Å². The average Bonchev–Trinajstić information content (AvgIpc) is 3.09. The molecule has 1 amide bonds. The first-order chi connectivity index (χ1) is 11.3. The summed E-state index contributed by atoms with van der Waals surface area (Å²) >= 11 is 0. The van der Waals surface area contributed by atoms with E-state index in [1.54, 1.807) is 0 Å². The first-order valence-electron chi connectivity index (χ1n) is 8.86. The Kier molecular flexibility index (Phi) is 5.31. The molecule has 1 saturated heterocycles. The molecular formula is C17H27N5O. The summed E-state index contributed by atoms with van der Waals surface area (Å²) in [5.41, 5.74) is 0. The monoisotopic (exact) mass is 317 g/mol. The Hall–Kier alpha value is -1.85. The van der Waals surface area contributed by atoms with Crippen molar-refractivity contribution >= 4 is 17.5 Å². The highest BCUT2D eigenvalue weighted by atomic mass is 16.2. The van der Waals surface area contributed by atoms with Gasteiger partial charge >= 0.3 is 0 Å². The Labute approximate surface area is 138 Å². The summed E-state index contributed by atoms with van der Waals surface area (Å²) in [6.45, 7) is 6.15. The van der Waals surface area contributed by atoms with Crippen LogP contribution in [0.15, 0.2) is 12.1 Å². The fourth-order valence-electron chi connectivity index (χ4n) is 3.54. The quantitative estimate of drug-likeness (QED) is 0.901. The summed E-state index contributed by atoms with van der Waals surface area (Å²) in [7, 11) is 0. The van der Waals surface area contributed by atoms with Gasteiger partial charge in [-0.05, 0) is 37.8 Å². The lowest BCUT2D eigenvalue weighted by Crippen LogP contribution is -2.49. The zero-order chi connectivity index (χ0) is 16.1. The molecule has 1 aliphatic heterocycles. The van der Waals surface area contributed by atoms with Crippen LogP contribution in [0, 0.1) is 5.92 Å². The van der Waals surface area contributed by atoms with Crippen LogP contribution in [0.4, 0.5) is 11.6 Å². The van der Waals surface area contributed by atoms with Crippen molar-refractivity contribution in [3.05, 3.63) is 12.1 Å². The third-order valence-electron chi connectivity index (χ3n) is 4.90. The van der Waals surface area contributed by atoms with Gasteiger partial charge in [-0.2, -0.15) is 0 Å². The van der Waals surface area contributed by atoms with Crippen molar-refractivity contribution in [2.45, 2.75) is 39.0 Å². The van der Waals surface area contributed by atoms with Crippen molar-refractivity contribution in [1.82, 2.24) is 15.1 Å². The predicted octanol–water partition coefficient (Wildman–Crippen LogP) is 2.14. The molecule has 0 bridgehead atoms. The zero-order valence-electron chi connectivity index (χ0n) is 14.0. The van der Waals surface area contributed by atoms with Crippen LogP contribution in [-0.4, -0.2) is 53.7 Å². The number of rotatable bonds is 5. The van der Waals surface area contributed by atoms with Crippen LogP contribution in [0.1, 0.15) is 39.0 Å². The molecule has 0 aromatic carbocycles. The lowest BCUT2D eigenvalue weighted by Gasteiger charge is -2.35. The van der Waals surface area contributed by atoms with Crippen molar-refractivity contribution < 1.29 is 4.79 Å². The molecular weight excluding hydrogens is 290 g/mol. The first kappa shape index (κ1) is 16.0. The second kappa shape index (κ2) is 7.62. The van der Waals surface area contributed by atoms with E-state index in [0.717, 1.165) is 50.8 Å². The van der Waals surface area contributed by atoms with Crippen LogP contribution in [0.5, 0.6) is 0 Å². The number of piperazine rings is 1. The van der Waals surface area contributed by atoms with E-state index < -0.39 is 0 Å². The van der Waals surface area contributed by atoms with Crippen LogP contribution in [0.25, 0.3) is 0 Å². The highest BCUT2D eigenvalue weighted by Gasteiger charge is 2.25. The standard InChI is InChI=1S/C17H27N5O/c1-2-18-15-7-8-16(20-19-15)21-9-11-22(12-10-21)17(23)13-14-5-3-4-6-14/h7-8,14H,2-6,9-13H2,1H3,(H,18,19). The van der Waals surface area contributed by atoms with Gasteiger partial charge in [-0.3, -0.25) is 4.79 Å². The molecule has 23 heavy (non-hydrogen) atoms. The Morgan fingerprint density at radius 3 is 2.52 bits per heavy atom. The third-order valence-corrected chi connectivity index (χ3v) is 4.90. The van der Waals surface area contributed by atoms with Gasteiger partial charge in [0.15, 0.2) is 5.82 Å². The van der Waals surface area contributed by atoms with E-state index in [1.807, 2.05) is 24.0 Å². The molecule has 0 spiro atoms. The summed E-state index contributed by atoms with van der Waals surface area (Å²) in [6.07, 6.45) is 5.82. The first-order valence-corrected chi connectivity index (χ1v) is 8.86. The van der Waals surface area contributed by atoms with Gasteiger partial charge in [0.1, 0.15) is 5.82 Å². The van der Waals surface area contributed by atoms with Gasteiger partial charge < -0.3 is 15.1 Å². The Balaban J connectivity index is 1.48. The fourth-order valence-corrected chi connectivity index (χ4v) is 3.54. The van der Waals surface area contributed by atoms with Crippen molar-refractivity contribution in [1.29, 1.82) is 0 Å². The number of hydrogen-bond acceptors (Lipinski definition) is 5. The molecule has 1 aliphatic carbocycles. The number of carbonyl (C=O) groups excluding carboxylic acids is 1. The van der Waals surface area contributed by atoms with Crippen molar-refractivity contribution in [3.8, 4) is 0 Å². The Morgan fingerprint density at radius 2 is 1.91 bits per heavy atom. The van der Waals surface area contributed by atoms with Crippen LogP contribution in [0.3, 0.4) is 0 Å². The molecule has 0 radical (unpaired) electrons. The number of carbonyl (C=O) groups is 1. The van der Waals surface area contributed by atoms with Crippen LogP contribution < -0.4 is 10.2 Å². The normalized spacial score (nSPS) is 19.2. The van der Waals surface area contributed by atoms with Gasteiger partial charge in [-0.25, -0.2) is 0 Å². The summed E-state index contributed by atoms with van der Waals surface area (Å²) in [5, 5.41) is 11.6. The predicted molar refractivity (Wildman–Crippen MR) is 91.6 cm³/mol. The van der Waals surface area contributed by atoms with Gasteiger partial charge in [0, 0.05) is 39.1 Å². The summed E-state index contributed by atoms with van der Waals surface area (Å²) in [5.74, 6) is 2.67. The number of aromatic nitrogens is 2. The SMILES string of the molecule is CCNc1ccc(N2CCN(C(=O)CC3CCCC3)CC2)nn1. The smallest absolute Gasteiger partial charge is 0.222 e. The van der Waals surface area contributed by atoms with Crippen LogP contribution in [-0.2, 0) is 4.79 Å². The number of hydrogen-bond donors (Lipinski definition) is 1. The Morgan fingerprint density at radius 1 is 1.17 bits per heavy atom. The molecule has 0 unspecified atom stereocenters. The number of anilines is 2. The largest absolute Gasteiger partial charge is 0.369 e. The minimum atomic E-state index is 0.338. The van der Waals surface area contributed by atoms with Crippen LogP contribution >= 0.6 is 0 Å². The molecule has 2 fully saturated rings. The maximum absolute atomic E-state index is 12.4. The molecule has 0 atom stereocenters. The van der Waals surface area contributed by atoms with Crippen molar-refractivity contribution in [2.75, 3.05) is 42.9 Å². The molecule has 1 N–H and O–H groups in total. The molecule has 1 aromatic heterocycles. The van der Waals surface area contributed by atoms with E-state index in [2.05, 4.69) is 20.4 Å². The fraction of sp³-hybridized carbons (Fsp3) is 0.706. The minimum absolute atomic E-state index is 0.338. The molecule has 2 aliphatic rings. The van der Waals surface area contributed by atoms with Crippen molar-refractivity contribution in [3.63, 3.8) is 0 Å². The maximum Gasteiger partial charge on any atom is 0.222 e. The molecule has 6 nitrogen and oxygen atoms in total. The lowest BCUT2D eigenvalue weighted by molar-refractivity contribution is -0.132. The topological polar surface area (TPSA) is 61.4 Å². The number of amides is 1. The average molecular weight is 317 g/mol. The van der Waals surface area contributed by atoms with E-state index in [0.29, 0.717) is 11.8 Å². The molecule has 2 heterocycles. The third kappa shape index (κ3) is 4.12. The molecule has 1 aromatic rings. The molecule has 6 heteroatoms. The number of nitrogens with zero attached hydrogens (tertiary/aromatic N) is 4.